The highest BCUT2D eigenvalue weighted by Gasteiger charge is 2.39. The minimum atomic E-state index is -0.408. The Hall–Kier alpha value is -3.86. The monoisotopic (exact) mass is 549 g/mol. The average Bonchev–Trinajstić information content (AvgIpc) is 3.37. The molecule has 184 valence electrons. The van der Waals surface area contributed by atoms with Crippen LogP contribution >= 0.6 is 15.9 Å². The fraction of sp³-hybridized carbons (Fsp3) is 0.280. The van der Waals surface area contributed by atoms with Crippen molar-refractivity contribution in [1.29, 1.82) is 0 Å². The number of carbonyl (C=O) groups excluding carboxylic acids is 1. The molecular formula is C25H24BrN7O3. The van der Waals surface area contributed by atoms with E-state index >= 15 is 0 Å². The zero-order valence-corrected chi connectivity index (χ0v) is 21.3. The molecule has 2 aromatic carbocycles. The molecule has 1 amide bonds. The molecule has 2 aromatic heterocycles. The van der Waals surface area contributed by atoms with Crippen molar-refractivity contribution in [2.24, 2.45) is 11.8 Å². The Bertz CT molecular complexity index is 1430. The number of aromatic nitrogens is 4. The third kappa shape index (κ3) is 4.41. The lowest BCUT2D eigenvalue weighted by atomic mass is 9.83. The number of nitro groups is 1. The van der Waals surface area contributed by atoms with Crippen molar-refractivity contribution in [1.82, 2.24) is 25.1 Å². The number of pyridine rings is 1. The summed E-state index contributed by atoms with van der Waals surface area (Å²) >= 11 is 3.37. The number of rotatable bonds is 7. The molecule has 1 fully saturated rings. The fourth-order valence-electron chi connectivity index (χ4n) is 4.77. The van der Waals surface area contributed by atoms with Crippen LogP contribution < -0.4 is 5.32 Å². The standard InChI is InChI=1S/C25H24BrN7O3/c1-14(2)22(30-23-19(24-28-13-29-31-24)7-17(26)8-21(23)33(35)36)16-11-32(12-16)25(34)20-10-27-9-15-5-3-4-6-18(15)20/h3-10,13-14,16,22,30H,11-12H2,1-2H3,(H,28,29,31). The Kier molecular flexibility index (Phi) is 6.40. The third-order valence-corrected chi connectivity index (χ3v) is 7.04. The van der Waals surface area contributed by atoms with E-state index < -0.39 is 4.92 Å². The van der Waals surface area contributed by atoms with Crippen LogP contribution in [0.2, 0.25) is 0 Å². The summed E-state index contributed by atoms with van der Waals surface area (Å²) in [6, 6.07) is 10.8. The van der Waals surface area contributed by atoms with E-state index in [0.717, 1.165) is 10.8 Å². The number of carbonyl (C=O) groups is 1. The summed E-state index contributed by atoms with van der Waals surface area (Å²) in [6.45, 7) is 5.21. The lowest BCUT2D eigenvalue weighted by Crippen LogP contribution is -2.57. The highest BCUT2D eigenvalue weighted by Crippen LogP contribution is 2.40. The Morgan fingerprint density at radius 3 is 2.72 bits per heavy atom. The van der Waals surface area contributed by atoms with Crippen LogP contribution in [-0.4, -0.2) is 55.0 Å². The zero-order chi connectivity index (χ0) is 25.4. The molecule has 11 heteroatoms. The number of benzene rings is 2. The normalized spacial score (nSPS) is 14.6. The molecule has 0 saturated carbocycles. The van der Waals surface area contributed by atoms with Crippen LogP contribution in [0.5, 0.6) is 0 Å². The zero-order valence-electron chi connectivity index (χ0n) is 19.7. The summed E-state index contributed by atoms with van der Waals surface area (Å²) in [5.74, 6) is 0.633. The second-order valence-electron chi connectivity index (χ2n) is 9.23. The summed E-state index contributed by atoms with van der Waals surface area (Å²) in [5.41, 5.74) is 1.45. The highest BCUT2D eigenvalue weighted by atomic mass is 79.9. The number of likely N-dealkylation sites (tertiary alicyclic amines) is 1. The summed E-state index contributed by atoms with van der Waals surface area (Å²) in [7, 11) is 0. The van der Waals surface area contributed by atoms with Crippen molar-refractivity contribution in [3.05, 3.63) is 75.3 Å². The van der Waals surface area contributed by atoms with Gasteiger partial charge in [0, 0.05) is 53.4 Å². The maximum Gasteiger partial charge on any atom is 0.294 e. The van der Waals surface area contributed by atoms with Gasteiger partial charge in [0.05, 0.1) is 16.1 Å². The summed E-state index contributed by atoms with van der Waals surface area (Å²) in [4.78, 5) is 35.1. The third-order valence-electron chi connectivity index (χ3n) is 6.58. The number of amides is 1. The van der Waals surface area contributed by atoms with Crippen LogP contribution in [0, 0.1) is 22.0 Å². The maximum absolute atomic E-state index is 13.3. The number of anilines is 1. The van der Waals surface area contributed by atoms with Crippen molar-refractivity contribution in [2.45, 2.75) is 19.9 Å². The van der Waals surface area contributed by atoms with Gasteiger partial charge in [0.2, 0.25) is 0 Å². The molecule has 0 spiro atoms. The van der Waals surface area contributed by atoms with Gasteiger partial charge in [-0.15, -0.1) is 0 Å². The SMILES string of the molecule is CC(C)C(Nc1c(-c2ncn[nH]2)cc(Br)cc1[N+](=O)[O-])C1CN(C(=O)c2cncc3ccccc23)C1. The second kappa shape index (κ2) is 9.65. The minimum Gasteiger partial charge on any atom is -0.375 e. The predicted octanol–water partition coefficient (Wildman–Crippen LogP) is 4.90. The molecule has 5 rings (SSSR count). The van der Waals surface area contributed by atoms with E-state index in [1.165, 1.54) is 12.4 Å². The number of hydrogen-bond acceptors (Lipinski definition) is 7. The molecule has 1 aliphatic heterocycles. The van der Waals surface area contributed by atoms with Crippen molar-refractivity contribution in [3.8, 4) is 11.4 Å². The van der Waals surface area contributed by atoms with Crippen LogP contribution in [0.1, 0.15) is 24.2 Å². The van der Waals surface area contributed by atoms with Gasteiger partial charge in [-0.25, -0.2) is 4.98 Å². The minimum absolute atomic E-state index is 0.0597. The van der Waals surface area contributed by atoms with Crippen LogP contribution in [0.15, 0.2) is 59.6 Å². The topological polar surface area (TPSA) is 130 Å². The van der Waals surface area contributed by atoms with E-state index in [0.29, 0.717) is 40.2 Å². The number of aromatic amines is 1. The van der Waals surface area contributed by atoms with Crippen LogP contribution in [-0.2, 0) is 0 Å². The van der Waals surface area contributed by atoms with Gasteiger partial charge in [0.15, 0.2) is 5.82 Å². The Morgan fingerprint density at radius 2 is 2.03 bits per heavy atom. The second-order valence-corrected chi connectivity index (χ2v) is 10.1. The first-order valence-electron chi connectivity index (χ1n) is 11.6. The predicted molar refractivity (Wildman–Crippen MR) is 140 cm³/mol. The van der Waals surface area contributed by atoms with Gasteiger partial charge in [-0.2, -0.15) is 5.10 Å². The highest BCUT2D eigenvalue weighted by molar-refractivity contribution is 9.10. The Morgan fingerprint density at radius 1 is 1.25 bits per heavy atom. The van der Waals surface area contributed by atoms with Crippen LogP contribution in [0.4, 0.5) is 11.4 Å². The van der Waals surface area contributed by atoms with Crippen molar-refractivity contribution < 1.29 is 9.72 Å². The largest absolute Gasteiger partial charge is 0.375 e. The van der Waals surface area contributed by atoms with Gasteiger partial charge >= 0.3 is 0 Å². The van der Waals surface area contributed by atoms with E-state index in [1.807, 2.05) is 24.3 Å². The number of nitrogens with zero attached hydrogens (tertiary/aromatic N) is 5. The molecule has 1 unspecified atom stereocenters. The molecule has 10 nitrogen and oxygen atoms in total. The number of hydrogen-bond donors (Lipinski definition) is 2. The van der Waals surface area contributed by atoms with Gasteiger partial charge < -0.3 is 10.2 Å². The van der Waals surface area contributed by atoms with E-state index in [4.69, 9.17) is 0 Å². The number of nitro benzene ring substituents is 1. The smallest absolute Gasteiger partial charge is 0.294 e. The molecule has 2 N–H and O–H groups in total. The molecule has 3 heterocycles. The Labute approximate surface area is 215 Å². The fourth-order valence-corrected chi connectivity index (χ4v) is 5.21. The molecule has 4 aromatic rings. The molecule has 0 radical (unpaired) electrons. The summed E-state index contributed by atoms with van der Waals surface area (Å²) in [6.07, 6.45) is 4.73. The number of fused-ring (bicyclic) bond motifs is 1. The molecule has 1 aliphatic rings. The van der Waals surface area contributed by atoms with Gasteiger partial charge in [-0.1, -0.05) is 54.0 Å². The number of nitrogens with one attached hydrogen (secondary N) is 2. The molecular weight excluding hydrogens is 526 g/mol. The molecule has 0 bridgehead atoms. The number of halogens is 1. The molecule has 1 saturated heterocycles. The van der Waals surface area contributed by atoms with Crippen molar-refractivity contribution in [2.75, 3.05) is 18.4 Å². The molecule has 0 aliphatic carbocycles. The van der Waals surface area contributed by atoms with Crippen LogP contribution in [0.3, 0.4) is 0 Å². The van der Waals surface area contributed by atoms with E-state index in [-0.39, 0.29) is 29.5 Å². The number of H-pyrrole nitrogens is 1. The van der Waals surface area contributed by atoms with Gasteiger partial charge in [-0.05, 0) is 17.4 Å². The molecule has 1 atom stereocenters. The quantitative estimate of drug-likeness (QED) is 0.247. The first-order valence-corrected chi connectivity index (χ1v) is 12.3. The lowest BCUT2D eigenvalue weighted by molar-refractivity contribution is -0.384. The van der Waals surface area contributed by atoms with Gasteiger partial charge in [-0.3, -0.25) is 25.0 Å². The first-order chi connectivity index (χ1) is 17.3. The Balaban J connectivity index is 1.40. The van der Waals surface area contributed by atoms with E-state index in [1.54, 1.807) is 23.4 Å². The van der Waals surface area contributed by atoms with Crippen LogP contribution in [0.25, 0.3) is 22.2 Å². The van der Waals surface area contributed by atoms with E-state index in [2.05, 4.69) is 55.3 Å². The summed E-state index contributed by atoms with van der Waals surface area (Å²) in [5, 5.41) is 23.9. The first kappa shape index (κ1) is 23.9. The maximum atomic E-state index is 13.3. The van der Waals surface area contributed by atoms with Gasteiger partial charge in [0.1, 0.15) is 12.0 Å². The van der Waals surface area contributed by atoms with Crippen molar-refractivity contribution >= 4 is 44.0 Å². The lowest BCUT2D eigenvalue weighted by Gasteiger charge is -2.45. The molecule has 36 heavy (non-hydrogen) atoms. The summed E-state index contributed by atoms with van der Waals surface area (Å²) < 4.78 is 0.566. The van der Waals surface area contributed by atoms with Gasteiger partial charge in [0.25, 0.3) is 11.6 Å². The van der Waals surface area contributed by atoms with E-state index in [9.17, 15) is 14.9 Å². The average molecular weight is 550 g/mol. The van der Waals surface area contributed by atoms with Crippen molar-refractivity contribution in [3.63, 3.8) is 0 Å².